The molecule has 1 aromatic heterocycles. The zero-order chi connectivity index (χ0) is 15.6. The van der Waals surface area contributed by atoms with Gasteiger partial charge in [0, 0.05) is 18.2 Å². The second kappa shape index (κ2) is 7.35. The van der Waals surface area contributed by atoms with E-state index in [0.29, 0.717) is 11.7 Å². The molecule has 124 valence electrons. The molecule has 1 aliphatic rings. The molecule has 0 bridgehead atoms. The van der Waals surface area contributed by atoms with Crippen LogP contribution in [0.1, 0.15) is 12.8 Å². The molecule has 1 aromatic carbocycles. The molecular weight excluding hydrogens is 336 g/mol. The van der Waals surface area contributed by atoms with Crippen LogP contribution >= 0.6 is 12.4 Å². The van der Waals surface area contributed by atoms with Crippen molar-refractivity contribution in [2.75, 3.05) is 6.54 Å². The molecule has 0 saturated heterocycles. The van der Waals surface area contributed by atoms with Gasteiger partial charge in [0.05, 0.1) is 12.4 Å². The fourth-order valence-corrected chi connectivity index (χ4v) is 3.13. The predicted octanol–water partition coefficient (Wildman–Crippen LogP) is 1.58. The van der Waals surface area contributed by atoms with Crippen LogP contribution in [0, 0.1) is 5.92 Å². The summed E-state index contributed by atoms with van der Waals surface area (Å²) in [4.78, 5) is 8.31. The molecule has 23 heavy (non-hydrogen) atoms. The van der Waals surface area contributed by atoms with E-state index < -0.39 is 10.0 Å². The van der Waals surface area contributed by atoms with Crippen LogP contribution in [0.2, 0.25) is 0 Å². The number of hydrogen-bond acceptors (Lipinski definition) is 5. The summed E-state index contributed by atoms with van der Waals surface area (Å²) in [7, 11) is -3.62. The average molecular weight is 355 g/mol. The van der Waals surface area contributed by atoms with Gasteiger partial charge in [-0.2, -0.15) is 0 Å². The van der Waals surface area contributed by atoms with E-state index in [2.05, 4.69) is 14.7 Å². The number of benzene rings is 1. The van der Waals surface area contributed by atoms with E-state index in [1.165, 1.54) is 12.4 Å². The van der Waals surface area contributed by atoms with Crippen molar-refractivity contribution in [1.29, 1.82) is 0 Å². The molecule has 1 aliphatic carbocycles. The van der Waals surface area contributed by atoms with Gasteiger partial charge in [-0.3, -0.25) is 0 Å². The highest BCUT2D eigenvalue weighted by Gasteiger charge is 2.29. The zero-order valence-corrected chi connectivity index (χ0v) is 14.1. The van der Waals surface area contributed by atoms with Crippen LogP contribution in [-0.2, 0) is 10.0 Å². The van der Waals surface area contributed by atoms with Crippen molar-refractivity contribution in [2.45, 2.75) is 23.8 Å². The Bertz CT molecular complexity index is 734. The summed E-state index contributed by atoms with van der Waals surface area (Å²) in [6, 6.07) is 9.27. The summed E-state index contributed by atoms with van der Waals surface area (Å²) in [6.45, 7) is 0.243. The number of nitrogens with zero attached hydrogens (tertiary/aromatic N) is 2. The molecule has 1 heterocycles. The minimum Gasteiger partial charge on any atom is -0.326 e. The molecule has 3 rings (SSSR count). The van der Waals surface area contributed by atoms with Gasteiger partial charge in [0.25, 0.3) is 0 Å². The highest BCUT2D eigenvalue weighted by molar-refractivity contribution is 7.89. The summed E-state index contributed by atoms with van der Waals surface area (Å²) >= 11 is 0. The third-order valence-corrected chi connectivity index (χ3v) is 5.09. The number of nitrogens with two attached hydrogens (primary N) is 1. The fourth-order valence-electron chi connectivity index (χ4n) is 2.17. The summed E-state index contributed by atoms with van der Waals surface area (Å²) in [5, 5.41) is 0. The van der Waals surface area contributed by atoms with E-state index in [1.54, 1.807) is 0 Å². The van der Waals surface area contributed by atoms with Crippen molar-refractivity contribution < 1.29 is 8.42 Å². The summed E-state index contributed by atoms with van der Waals surface area (Å²) in [5.41, 5.74) is 6.75. The quantitative estimate of drug-likeness (QED) is 0.820. The van der Waals surface area contributed by atoms with Crippen LogP contribution in [-0.4, -0.2) is 31.0 Å². The first-order valence-corrected chi connectivity index (χ1v) is 8.67. The van der Waals surface area contributed by atoms with Crippen molar-refractivity contribution in [2.24, 2.45) is 11.7 Å². The largest absolute Gasteiger partial charge is 0.326 e. The first-order chi connectivity index (χ1) is 10.6. The smallest absolute Gasteiger partial charge is 0.243 e. The molecule has 1 saturated carbocycles. The normalized spacial score (nSPS) is 15.7. The maximum absolute atomic E-state index is 12.2. The van der Waals surface area contributed by atoms with Crippen molar-refractivity contribution in [1.82, 2.24) is 14.7 Å². The Morgan fingerprint density at radius 1 is 1.17 bits per heavy atom. The van der Waals surface area contributed by atoms with Crippen LogP contribution in [0.4, 0.5) is 0 Å². The molecule has 6 nitrogen and oxygen atoms in total. The average Bonchev–Trinajstić information content (AvgIpc) is 3.39. The molecule has 2 aromatic rings. The topological polar surface area (TPSA) is 98.0 Å². The number of hydrogen-bond donors (Lipinski definition) is 2. The third-order valence-electron chi connectivity index (χ3n) is 3.71. The molecule has 8 heteroatoms. The van der Waals surface area contributed by atoms with E-state index in [0.717, 1.165) is 18.4 Å². The van der Waals surface area contributed by atoms with Gasteiger partial charge < -0.3 is 5.73 Å². The lowest BCUT2D eigenvalue weighted by molar-refractivity contribution is 0.547. The third kappa shape index (κ3) is 4.48. The van der Waals surface area contributed by atoms with Gasteiger partial charge in [0.2, 0.25) is 10.0 Å². The summed E-state index contributed by atoms with van der Waals surface area (Å²) in [5.74, 6) is 0.939. The van der Waals surface area contributed by atoms with E-state index in [1.807, 2.05) is 30.3 Å². The molecule has 1 atom stereocenters. The fraction of sp³-hybridized carbons (Fsp3) is 0.333. The standard InChI is InChI=1S/C15H18N4O2S.ClH/c16-14(11-6-7-11)10-19-22(20,21)13-8-17-15(18-9-13)12-4-2-1-3-5-12;/h1-5,8-9,11,14,19H,6-7,10,16H2;1H. The lowest BCUT2D eigenvalue weighted by atomic mass is 10.2. The number of rotatable bonds is 6. The lowest BCUT2D eigenvalue weighted by Gasteiger charge is -2.11. The lowest BCUT2D eigenvalue weighted by Crippen LogP contribution is -2.38. The molecule has 0 aliphatic heterocycles. The predicted molar refractivity (Wildman–Crippen MR) is 90.6 cm³/mol. The highest BCUT2D eigenvalue weighted by atomic mass is 35.5. The van der Waals surface area contributed by atoms with Crippen molar-refractivity contribution in [3.05, 3.63) is 42.7 Å². The van der Waals surface area contributed by atoms with Gasteiger partial charge in [-0.25, -0.2) is 23.1 Å². The minimum atomic E-state index is -3.62. The second-order valence-corrected chi connectivity index (χ2v) is 7.23. The van der Waals surface area contributed by atoms with Gasteiger partial charge in [0.1, 0.15) is 4.90 Å². The maximum Gasteiger partial charge on any atom is 0.243 e. The monoisotopic (exact) mass is 354 g/mol. The first kappa shape index (κ1) is 17.8. The number of aromatic nitrogens is 2. The molecule has 0 spiro atoms. The van der Waals surface area contributed by atoms with Crippen LogP contribution in [0.5, 0.6) is 0 Å². The Labute approximate surface area is 142 Å². The van der Waals surface area contributed by atoms with Crippen molar-refractivity contribution >= 4 is 22.4 Å². The molecule has 0 amide bonds. The van der Waals surface area contributed by atoms with Crippen LogP contribution in [0.15, 0.2) is 47.6 Å². The Kier molecular flexibility index (Phi) is 5.69. The summed E-state index contributed by atoms with van der Waals surface area (Å²) in [6.07, 6.45) is 4.80. The van der Waals surface area contributed by atoms with Crippen LogP contribution in [0.25, 0.3) is 11.4 Å². The van der Waals surface area contributed by atoms with Gasteiger partial charge in [-0.1, -0.05) is 30.3 Å². The second-order valence-electron chi connectivity index (χ2n) is 5.46. The number of halogens is 1. The molecule has 0 radical (unpaired) electrons. The molecule has 3 N–H and O–H groups in total. The van der Waals surface area contributed by atoms with E-state index in [9.17, 15) is 8.42 Å². The van der Waals surface area contributed by atoms with E-state index >= 15 is 0 Å². The molecular formula is C15H19ClN4O2S. The zero-order valence-electron chi connectivity index (χ0n) is 12.4. The minimum absolute atomic E-state index is 0. The van der Waals surface area contributed by atoms with Crippen molar-refractivity contribution in [3.63, 3.8) is 0 Å². The van der Waals surface area contributed by atoms with E-state index in [4.69, 9.17) is 5.73 Å². The van der Waals surface area contributed by atoms with Crippen LogP contribution < -0.4 is 10.5 Å². The van der Waals surface area contributed by atoms with Gasteiger partial charge >= 0.3 is 0 Å². The van der Waals surface area contributed by atoms with Gasteiger partial charge in [-0.05, 0) is 18.8 Å². The Morgan fingerprint density at radius 3 is 2.35 bits per heavy atom. The van der Waals surface area contributed by atoms with Gasteiger partial charge in [0.15, 0.2) is 5.82 Å². The molecule has 1 unspecified atom stereocenters. The Hall–Kier alpha value is -1.54. The SMILES string of the molecule is Cl.NC(CNS(=O)(=O)c1cnc(-c2ccccc2)nc1)C1CC1. The van der Waals surface area contributed by atoms with Gasteiger partial charge in [-0.15, -0.1) is 12.4 Å². The Morgan fingerprint density at radius 2 is 1.78 bits per heavy atom. The maximum atomic E-state index is 12.2. The Balaban J connectivity index is 0.00000192. The number of sulfonamides is 1. The summed E-state index contributed by atoms with van der Waals surface area (Å²) < 4.78 is 26.9. The van der Waals surface area contributed by atoms with Crippen LogP contribution in [0.3, 0.4) is 0 Å². The first-order valence-electron chi connectivity index (χ1n) is 7.19. The highest BCUT2D eigenvalue weighted by Crippen LogP contribution is 2.31. The van der Waals surface area contributed by atoms with Crippen molar-refractivity contribution in [3.8, 4) is 11.4 Å². The molecule has 1 fully saturated rings. The van der Waals surface area contributed by atoms with E-state index in [-0.39, 0.29) is 29.9 Å². The number of nitrogens with one attached hydrogen (secondary N) is 1.